The van der Waals surface area contributed by atoms with Crippen LogP contribution in [0.15, 0.2) is 18.2 Å². The van der Waals surface area contributed by atoms with E-state index < -0.39 is 6.10 Å². The first-order valence-electron chi connectivity index (χ1n) is 6.46. The van der Waals surface area contributed by atoms with E-state index in [0.717, 1.165) is 30.7 Å². The minimum atomic E-state index is -0.420. The lowest BCUT2D eigenvalue weighted by molar-refractivity contribution is -0.122. The van der Waals surface area contributed by atoms with E-state index in [1.165, 1.54) is 5.56 Å². The van der Waals surface area contributed by atoms with E-state index in [1.54, 1.807) is 6.92 Å². The number of carbonyl (C=O) groups is 1. The van der Waals surface area contributed by atoms with E-state index in [-0.39, 0.29) is 11.9 Å². The molecule has 2 atom stereocenters. The monoisotopic (exact) mass is 248 g/mol. The van der Waals surface area contributed by atoms with Crippen LogP contribution in [0.5, 0.6) is 5.75 Å². The average molecular weight is 248 g/mol. The van der Waals surface area contributed by atoms with E-state index in [4.69, 9.17) is 10.5 Å². The van der Waals surface area contributed by atoms with E-state index in [1.807, 2.05) is 18.2 Å². The van der Waals surface area contributed by atoms with Crippen LogP contribution in [-0.4, -0.2) is 18.1 Å². The predicted molar refractivity (Wildman–Crippen MR) is 71.7 cm³/mol. The van der Waals surface area contributed by atoms with Gasteiger partial charge in [0.05, 0.1) is 5.69 Å². The Kier molecular flexibility index (Phi) is 3.87. The highest BCUT2D eigenvalue weighted by molar-refractivity contribution is 5.97. The number of rotatable bonds is 4. The Bertz CT molecular complexity index is 445. The van der Waals surface area contributed by atoms with Gasteiger partial charge in [-0.3, -0.25) is 4.79 Å². The zero-order valence-corrected chi connectivity index (χ0v) is 10.9. The molecule has 2 unspecified atom stereocenters. The highest BCUT2D eigenvalue weighted by atomic mass is 16.5. The molecule has 18 heavy (non-hydrogen) atoms. The molecule has 1 aliphatic heterocycles. The normalized spacial score (nSPS) is 19.7. The van der Waals surface area contributed by atoms with Crippen LogP contribution in [0.25, 0.3) is 0 Å². The first-order valence-corrected chi connectivity index (χ1v) is 6.46. The maximum atomic E-state index is 11.5. The minimum Gasteiger partial charge on any atom is -0.479 e. The van der Waals surface area contributed by atoms with E-state index >= 15 is 0 Å². The number of fused-ring (bicyclic) bond motifs is 1. The number of ether oxygens (including phenoxy) is 1. The molecule has 0 fully saturated rings. The summed E-state index contributed by atoms with van der Waals surface area (Å²) in [6.45, 7) is 3.83. The molecular formula is C14H20N2O2. The predicted octanol–water partition coefficient (Wildman–Crippen LogP) is 2.08. The van der Waals surface area contributed by atoms with Gasteiger partial charge in [-0.25, -0.2) is 0 Å². The lowest BCUT2D eigenvalue weighted by Gasteiger charge is -2.23. The summed E-state index contributed by atoms with van der Waals surface area (Å²) >= 11 is 0. The second-order valence-electron chi connectivity index (χ2n) is 4.79. The Labute approximate surface area is 108 Å². The van der Waals surface area contributed by atoms with Crippen molar-refractivity contribution in [3.05, 3.63) is 23.8 Å². The lowest BCUT2D eigenvalue weighted by atomic mass is 10.0. The Morgan fingerprint density at radius 1 is 1.50 bits per heavy atom. The molecule has 3 N–H and O–H groups in total. The summed E-state index contributed by atoms with van der Waals surface area (Å²) < 4.78 is 5.51. The minimum absolute atomic E-state index is 0.0927. The van der Waals surface area contributed by atoms with Gasteiger partial charge in [0.2, 0.25) is 0 Å². The molecule has 1 aromatic rings. The number of hydrogen-bond acceptors (Lipinski definition) is 3. The Morgan fingerprint density at radius 3 is 3.00 bits per heavy atom. The molecule has 1 aromatic carbocycles. The maximum Gasteiger partial charge on any atom is 0.265 e. The summed E-state index contributed by atoms with van der Waals surface area (Å²) in [5.74, 6) is 0.649. The molecule has 0 saturated carbocycles. The summed E-state index contributed by atoms with van der Waals surface area (Å²) in [5.41, 5.74) is 7.85. The number of anilines is 1. The fourth-order valence-electron chi connectivity index (χ4n) is 1.97. The van der Waals surface area contributed by atoms with Crippen molar-refractivity contribution in [2.75, 3.05) is 5.32 Å². The molecule has 0 saturated heterocycles. The Morgan fingerprint density at radius 2 is 2.28 bits per heavy atom. The fraction of sp³-hybridized carbons (Fsp3) is 0.500. The van der Waals surface area contributed by atoms with E-state index in [2.05, 4.69) is 12.2 Å². The van der Waals surface area contributed by atoms with Crippen LogP contribution in [0.4, 0.5) is 5.69 Å². The molecule has 1 amide bonds. The van der Waals surface area contributed by atoms with Gasteiger partial charge in [0.15, 0.2) is 6.10 Å². The first kappa shape index (κ1) is 12.9. The smallest absolute Gasteiger partial charge is 0.265 e. The SMILES string of the molecule is CCC(N)CCc1ccc2c(c1)NC(=O)C(C)O2. The molecule has 2 rings (SSSR count). The summed E-state index contributed by atoms with van der Waals surface area (Å²) in [6.07, 6.45) is 2.45. The largest absolute Gasteiger partial charge is 0.479 e. The lowest BCUT2D eigenvalue weighted by Crippen LogP contribution is -2.34. The number of amides is 1. The third kappa shape index (κ3) is 2.82. The number of hydrogen-bond donors (Lipinski definition) is 2. The molecule has 1 aliphatic rings. The van der Waals surface area contributed by atoms with Crippen molar-refractivity contribution >= 4 is 11.6 Å². The Hall–Kier alpha value is -1.55. The fourth-order valence-corrected chi connectivity index (χ4v) is 1.97. The van der Waals surface area contributed by atoms with Crippen LogP contribution in [0.1, 0.15) is 32.3 Å². The molecule has 0 aromatic heterocycles. The van der Waals surface area contributed by atoms with Gasteiger partial charge in [0.25, 0.3) is 5.91 Å². The number of nitrogens with two attached hydrogens (primary N) is 1. The van der Waals surface area contributed by atoms with Gasteiger partial charge < -0.3 is 15.8 Å². The van der Waals surface area contributed by atoms with Crippen molar-refractivity contribution in [1.29, 1.82) is 0 Å². The molecular weight excluding hydrogens is 228 g/mol. The summed E-state index contributed by atoms with van der Waals surface area (Å²) in [5, 5.41) is 2.86. The maximum absolute atomic E-state index is 11.5. The van der Waals surface area contributed by atoms with Gasteiger partial charge in [0.1, 0.15) is 5.75 Å². The summed E-state index contributed by atoms with van der Waals surface area (Å²) in [7, 11) is 0. The van der Waals surface area contributed by atoms with Gasteiger partial charge >= 0.3 is 0 Å². The van der Waals surface area contributed by atoms with Crippen molar-refractivity contribution in [2.45, 2.75) is 45.3 Å². The second-order valence-corrected chi connectivity index (χ2v) is 4.79. The summed E-state index contributed by atoms with van der Waals surface area (Å²) in [6, 6.07) is 6.16. The molecule has 0 spiro atoms. The van der Waals surface area contributed by atoms with Crippen LogP contribution in [0, 0.1) is 0 Å². The van der Waals surface area contributed by atoms with Gasteiger partial charge in [0, 0.05) is 6.04 Å². The Balaban J connectivity index is 2.08. The van der Waals surface area contributed by atoms with E-state index in [9.17, 15) is 4.79 Å². The molecule has 0 radical (unpaired) electrons. The molecule has 1 heterocycles. The van der Waals surface area contributed by atoms with Crippen molar-refractivity contribution in [2.24, 2.45) is 5.73 Å². The van der Waals surface area contributed by atoms with Crippen molar-refractivity contribution in [3.8, 4) is 5.75 Å². The van der Waals surface area contributed by atoms with Crippen LogP contribution < -0.4 is 15.8 Å². The standard InChI is InChI=1S/C14H20N2O2/c1-3-11(15)6-4-10-5-7-13-12(8-10)16-14(17)9(2)18-13/h5,7-9,11H,3-4,6,15H2,1-2H3,(H,16,17). The highest BCUT2D eigenvalue weighted by Crippen LogP contribution is 2.30. The van der Waals surface area contributed by atoms with Crippen molar-refractivity contribution in [3.63, 3.8) is 0 Å². The zero-order valence-electron chi connectivity index (χ0n) is 10.9. The van der Waals surface area contributed by atoms with Gasteiger partial charge in [-0.2, -0.15) is 0 Å². The highest BCUT2D eigenvalue weighted by Gasteiger charge is 2.23. The van der Waals surface area contributed by atoms with Gasteiger partial charge in [-0.1, -0.05) is 13.0 Å². The third-order valence-electron chi connectivity index (χ3n) is 3.30. The van der Waals surface area contributed by atoms with Gasteiger partial charge in [-0.05, 0) is 43.9 Å². The first-order chi connectivity index (χ1) is 8.60. The molecule has 4 heteroatoms. The van der Waals surface area contributed by atoms with Crippen LogP contribution in [0.2, 0.25) is 0 Å². The second kappa shape index (κ2) is 5.40. The summed E-state index contributed by atoms with van der Waals surface area (Å²) in [4.78, 5) is 11.5. The van der Waals surface area contributed by atoms with Crippen LogP contribution in [-0.2, 0) is 11.2 Å². The molecule has 98 valence electrons. The van der Waals surface area contributed by atoms with Crippen molar-refractivity contribution in [1.82, 2.24) is 0 Å². The van der Waals surface area contributed by atoms with Crippen molar-refractivity contribution < 1.29 is 9.53 Å². The van der Waals surface area contributed by atoms with Crippen LogP contribution in [0.3, 0.4) is 0 Å². The van der Waals surface area contributed by atoms with Crippen LogP contribution >= 0.6 is 0 Å². The zero-order chi connectivity index (χ0) is 13.1. The number of nitrogens with one attached hydrogen (secondary N) is 1. The number of aryl methyl sites for hydroxylation is 1. The van der Waals surface area contributed by atoms with E-state index in [0.29, 0.717) is 0 Å². The average Bonchev–Trinajstić information content (AvgIpc) is 2.37. The quantitative estimate of drug-likeness (QED) is 0.857. The number of carbonyl (C=O) groups excluding carboxylic acids is 1. The molecule has 0 aliphatic carbocycles. The number of benzene rings is 1. The topological polar surface area (TPSA) is 64.3 Å². The third-order valence-corrected chi connectivity index (χ3v) is 3.30. The molecule has 0 bridgehead atoms. The van der Waals surface area contributed by atoms with Gasteiger partial charge in [-0.15, -0.1) is 0 Å². The molecule has 4 nitrogen and oxygen atoms in total.